The van der Waals surface area contributed by atoms with Gasteiger partial charge in [-0.05, 0) is 24.6 Å². The van der Waals surface area contributed by atoms with E-state index >= 15 is 0 Å². The molecule has 1 aromatic carbocycles. The van der Waals surface area contributed by atoms with Crippen molar-refractivity contribution in [2.75, 3.05) is 5.32 Å². The van der Waals surface area contributed by atoms with E-state index in [9.17, 15) is 13.2 Å². The molecule has 0 aliphatic carbocycles. The molecule has 20 heavy (non-hydrogen) atoms. The van der Waals surface area contributed by atoms with E-state index in [0.29, 0.717) is 0 Å². The molecular formula is C11H10ClN3O3S2. The minimum Gasteiger partial charge on any atom is -0.283 e. The van der Waals surface area contributed by atoms with E-state index in [0.717, 1.165) is 16.9 Å². The van der Waals surface area contributed by atoms with Crippen LogP contribution in [0, 0.1) is 6.92 Å². The number of carbonyl (C=O) groups is 1. The van der Waals surface area contributed by atoms with Crippen molar-refractivity contribution in [3.63, 3.8) is 0 Å². The molecule has 2 rings (SSSR count). The van der Waals surface area contributed by atoms with Gasteiger partial charge >= 0.3 is 6.03 Å². The lowest BCUT2D eigenvalue weighted by molar-refractivity contribution is 0.256. The Balaban J connectivity index is 2.10. The first-order valence-corrected chi connectivity index (χ1v) is 8.12. The average Bonchev–Trinajstić information content (AvgIpc) is 2.73. The summed E-state index contributed by atoms with van der Waals surface area (Å²) in [5.74, 6) is 0. The number of thiazole rings is 1. The summed E-state index contributed by atoms with van der Waals surface area (Å²) in [7, 11) is -3.91. The summed E-state index contributed by atoms with van der Waals surface area (Å²) < 4.78 is 25.9. The molecule has 6 nitrogen and oxygen atoms in total. The van der Waals surface area contributed by atoms with Crippen molar-refractivity contribution in [3.8, 4) is 0 Å². The van der Waals surface area contributed by atoms with Gasteiger partial charge in [0.2, 0.25) is 0 Å². The molecule has 0 bridgehead atoms. The molecule has 2 amide bonds. The first-order chi connectivity index (χ1) is 9.37. The summed E-state index contributed by atoms with van der Waals surface area (Å²) in [5, 5.41) is 4.26. The number of hydrogen-bond acceptors (Lipinski definition) is 5. The number of amides is 2. The third-order valence-electron chi connectivity index (χ3n) is 2.22. The Morgan fingerprint density at radius 1 is 1.40 bits per heavy atom. The predicted octanol–water partition coefficient (Wildman–Crippen LogP) is 2.62. The summed E-state index contributed by atoms with van der Waals surface area (Å²) >= 11 is 6.69. The third-order valence-corrected chi connectivity index (χ3v) is 4.63. The second kappa shape index (κ2) is 5.78. The van der Waals surface area contributed by atoms with E-state index < -0.39 is 16.1 Å². The number of anilines is 1. The molecule has 0 aliphatic heterocycles. The van der Waals surface area contributed by atoms with Crippen LogP contribution in [0.2, 0.25) is 5.15 Å². The van der Waals surface area contributed by atoms with Crippen LogP contribution in [0.3, 0.4) is 0 Å². The quantitative estimate of drug-likeness (QED) is 0.904. The van der Waals surface area contributed by atoms with Crippen molar-refractivity contribution in [3.05, 3.63) is 40.4 Å². The molecule has 106 valence electrons. The minimum absolute atomic E-state index is 0.0184. The smallest absolute Gasteiger partial charge is 0.283 e. The fraction of sp³-hybridized carbons (Fsp3) is 0.0909. The second-order valence-corrected chi connectivity index (χ2v) is 6.78. The van der Waals surface area contributed by atoms with Gasteiger partial charge in [0.05, 0.1) is 4.90 Å². The van der Waals surface area contributed by atoms with Crippen LogP contribution < -0.4 is 10.0 Å². The Morgan fingerprint density at radius 2 is 2.15 bits per heavy atom. The Labute approximate surface area is 124 Å². The number of hydrogen-bond donors (Lipinski definition) is 2. The molecule has 2 N–H and O–H groups in total. The molecule has 0 saturated heterocycles. The molecule has 1 aromatic heterocycles. The molecule has 0 saturated carbocycles. The molecule has 1 heterocycles. The maximum atomic E-state index is 12.0. The van der Waals surface area contributed by atoms with Crippen LogP contribution in [0.4, 0.5) is 9.93 Å². The second-order valence-electron chi connectivity index (χ2n) is 3.85. The number of nitrogens with zero attached hydrogens (tertiary/aromatic N) is 1. The number of carbonyl (C=O) groups excluding carboxylic acids is 1. The Hall–Kier alpha value is -1.64. The summed E-state index contributed by atoms with van der Waals surface area (Å²) in [6.07, 6.45) is 0. The highest BCUT2D eigenvalue weighted by Gasteiger charge is 2.18. The minimum atomic E-state index is -3.91. The van der Waals surface area contributed by atoms with Crippen molar-refractivity contribution >= 4 is 44.1 Å². The molecule has 9 heteroatoms. The van der Waals surface area contributed by atoms with Crippen molar-refractivity contribution < 1.29 is 13.2 Å². The van der Waals surface area contributed by atoms with Crippen molar-refractivity contribution in [2.45, 2.75) is 11.8 Å². The van der Waals surface area contributed by atoms with Crippen LogP contribution in [0.5, 0.6) is 0 Å². The van der Waals surface area contributed by atoms with Crippen molar-refractivity contribution in [2.24, 2.45) is 0 Å². The molecular weight excluding hydrogens is 322 g/mol. The standard InChI is InChI=1S/C11H10ClN3O3S2/c1-7-3-2-4-8(5-7)20(17,18)15-10(16)14-11-13-9(12)6-19-11/h2-6H,1H3,(H2,13,14,15,16). The first-order valence-electron chi connectivity index (χ1n) is 5.38. The van der Waals surface area contributed by atoms with Gasteiger partial charge in [-0.25, -0.2) is 22.9 Å². The van der Waals surface area contributed by atoms with Crippen LogP contribution >= 0.6 is 22.9 Å². The number of nitrogens with one attached hydrogen (secondary N) is 2. The highest BCUT2D eigenvalue weighted by molar-refractivity contribution is 7.90. The first kappa shape index (κ1) is 14.8. The Kier molecular flexibility index (Phi) is 4.26. The molecule has 0 spiro atoms. The summed E-state index contributed by atoms with van der Waals surface area (Å²) in [6, 6.07) is 5.34. The number of sulfonamides is 1. The van der Waals surface area contributed by atoms with E-state index in [2.05, 4.69) is 10.3 Å². The van der Waals surface area contributed by atoms with Gasteiger partial charge in [0, 0.05) is 5.38 Å². The van der Waals surface area contributed by atoms with Gasteiger partial charge in [0.1, 0.15) is 5.15 Å². The van der Waals surface area contributed by atoms with Gasteiger partial charge in [-0.15, -0.1) is 11.3 Å². The van der Waals surface area contributed by atoms with E-state index in [1.165, 1.54) is 17.5 Å². The monoisotopic (exact) mass is 331 g/mol. The fourth-order valence-electron chi connectivity index (χ4n) is 1.40. The molecule has 0 unspecified atom stereocenters. The summed E-state index contributed by atoms with van der Waals surface area (Å²) in [5.41, 5.74) is 0.778. The van der Waals surface area contributed by atoms with Crippen LogP contribution in [-0.2, 0) is 10.0 Å². The van der Waals surface area contributed by atoms with E-state index in [1.807, 2.05) is 4.72 Å². The number of rotatable bonds is 3. The van der Waals surface area contributed by atoms with Crippen LogP contribution in [0.25, 0.3) is 0 Å². The van der Waals surface area contributed by atoms with Gasteiger partial charge in [0.15, 0.2) is 5.13 Å². The fourth-order valence-corrected chi connectivity index (χ4v) is 3.24. The maximum absolute atomic E-state index is 12.0. The zero-order chi connectivity index (χ0) is 14.8. The number of aromatic nitrogens is 1. The largest absolute Gasteiger partial charge is 0.334 e. The molecule has 0 atom stereocenters. The van der Waals surface area contributed by atoms with E-state index in [4.69, 9.17) is 11.6 Å². The highest BCUT2D eigenvalue weighted by atomic mass is 35.5. The lowest BCUT2D eigenvalue weighted by Gasteiger charge is -2.07. The van der Waals surface area contributed by atoms with E-state index in [-0.39, 0.29) is 15.2 Å². The van der Waals surface area contributed by atoms with Crippen molar-refractivity contribution in [1.29, 1.82) is 0 Å². The zero-order valence-electron chi connectivity index (χ0n) is 10.3. The maximum Gasteiger partial charge on any atom is 0.334 e. The van der Waals surface area contributed by atoms with Gasteiger partial charge in [-0.2, -0.15) is 0 Å². The van der Waals surface area contributed by atoms with Crippen molar-refractivity contribution in [1.82, 2.24) is 9.71 Å². The molecule has 0 radical (unpaired) electrons. The topological polar surface area (TPSA) is 88.2 Å². The van der Waals surface area contributed by atoms with Gasteiger partial charge in [-0.1, -0.05) is 23.7 Å². The van der Waals surface area contributed by atoms with Crippen LogP contribution in [-0.4, -0.2) is 19.4 Å². The average molecular weight is 332 g/mol. The Bertz CT molecular complexity index is 743. The third kappa shape index (κ3) is 3.69. The highest BCUT2D eigenvalue weighted by Crippen LogP contribution is 2.18. The summed E-state index contributed by atoms with van der Waals surface area (Å²) in [6.45, 7) is 1.76. The van der Waals surface area contributed by atoms with E-state index in [1.54, 1.807) is 19.1 Å². The van der Waals surface area contributed by atoms with Gasteiger partial charge in [-0.3, -0.25) is 5.32 Å². The number of halogens is 1. The lowest BCUT2D eigenvalue weighted by atomic mass is 10.2. The summed E-state index contributed by atoms with van der Waals surface area (Å²) in [4.78, 5) is 15.4. The van der Waals surface area contributed by atoms with Crippen LogP contribution in [0.15, 0.2) is 34.5 Å². The molecule has 0 aliphatic rings. The Morgan fingerprint density at radius 3 is 2.75 bits per heavy atom. The normalized spacial score (nSPS) is 11.1. The predicted molar refractivity (Wildman–Crippen MR) is 77.6 cm³/mol. The zero-order valence-corrected chi connectivity index (χ0v) is 12.6. The van der Waals surface area contributed by atoms with Gasteiger partial charge in [0.25, 0.3) is 10.0 Å². The number of urea groups is 1. The van der Waals surface area contributed by atoms with Crippen LogP contribution in [0.1, 0.15) is 5.56 Å². The molecule has 2 aromatic rings. The molecule has 0 fully saturated rings. The number of benzene rings is 1. The SMILES string of the molecule is Cc1cccc(S(=O)(=O)NC(=O)Nc2nc(Cl)cs2)c1. The number of aryl methyl sites for hydroxylation is 1. The lowest BCUT2D eigenvalue weighted by Crippen LogP contribution is -2.34. The van der Waals surface area contributed by atoms with Gasteiger partial charge < -0.3 is 0 Å².